The maximum atomic E-state index is 13.9. The van der Waals surface area contributed by atoms with Crippen LogP contribution in [-0.4, -0.2) is 60.0 Å². The van der Waals surface area contributed by atoms with Crippen LogP contribution in [0.25, 0.3) is 0 Å². The van der Waals surface area contributed by atoms with Crippen LogP contribution in [0.1, 0.15) is 36.8 Å². The Labute approximate surface area is 189 Å². The van der Waals surface area contributed by atoms with E-state index in [0.29, 0.717) is 38.3 Å². The molecule has 0 bridgehead atoms. The van der Waals surface area contributed by atoms with Gasteiger partial charge in [0.25, 0.3) is 0 Å². The molecule has 2 aliphatic heterocycles. The van der Waals surface area contributed by atoms with Crippen molar-refractivity contribution in [2.75, 3.05) is 26.3 Å². The van der Waals surface area contributed by atoms with Crippen LogP contribution >= 0.6 is 0 Å². The topological polar surface area (TPSA) is 49.9 Å². The first-order valence-electron chi connectivity index (χ1n) is 11.6. The van der Waals surface area contributed by atoms with Crippen molar-refractivity contribution in [2.24, 2.45) is 0 Å². The van der Waals surface area contributed by atoms with Gasteiger partial charge < -0.3 is 14.5 Å². The van der Waals surface area contributed by atoms with E-state index in [-0.39, 0.29) is 36.1 Å². The normalized spacial score (nSPS) is 17.8. The second-order valence-corrected chi connectivity index (χ2v) is 8.69. The van der Waals surface area contributed by atoms with Gasteiger partial charge in [0.2, 0.25) is 11.8 Å². The van der Waals surface area contributed by atoms with Gasteiger partial charge >= 0.3 is 0 Å². The molecule has 2 fully saturated rings. The van der Waals surface area contributed by atoms with Crippen LogP contribution in [-0.2, 0) is 27.2 Å². The van der Waals surface area contributed by atoms with Crippen molar-refractivity contribution in [3.8, 4) is 0 Å². The number of likely N-dealkylation sites (tertiary alicyclic amines) is 1. The van der Waals surface area contributed by atoms with Crippen molar-refractivity contribution in [3.63, 3.8) is 0 Å². The van der Waals surface area contributed by atoms with Crippen molar-refractivity contribution >= 4 is 11.8 Å². The molecule has 5 nitrogen and oxygen atoms in total. The van der Waals surface area contributed by atoms with Crippen LogP contribution in [0.3, 0.4) is 0 Å². The van der Waals surface area contributed by atoms with Gasteiger partial charge in [-0.15, -0.1) is 0 Å². The van der Waals surface area contributed by atoms with Gasteiger partial charge in [0.05, 0.1) is 12.8 Å². The fourth-order valence-corrected chi connectivity index (χ4v) is 4.84. The quantitative estimate of drug-likeness (QED) is 0.692. The van der Waals surface area contributed by atoms with Gasteiger partial charge in [-0.2, -0.15) is 0 Å². The molecule has 2 saturated heterocycles. The standard InChI is InChI=1S/C26H31FN2O3/c27-24-9-5-4-8-21(24)19-25(30)28-14-10-22(11-15-28)29(23-12-16-32-17-13-23)26(31)18-20-6-2-1-3-7-20/h1-9,22-23H,10-19H2. The van der Waals surface area contributed by atoms with Crippen molar-refractivity contribution in [2.45, 2.75) is 50.6 Å². The average molecular weight is 439 g/mol. The van der Waals surface area contributed by atoms with Crippen molar-refractivity contribution in [3.05, 3.63) is 71.5 Å². The molecule has 0 spiro atoms. The molecule has 2 aromatic rings. The largest absolute Gasteiger partial charge is 0.381 e. The number of carbonyl (C=O) groups is 2. The third-order valence-electron chi connectivity index (χ3n) is 6.58. The Balaban J connectivity index is 1.40. The lowest BCUT2D eigenvalue weighted by Crippen LogP contribution is -2.54. The second kappa shape index (κ2) is 10.7. The molecule has 0 atom stereocenters. The molecule has 0 radical (unpaired) electrons. The molecular weight excluding hydrogens is 407 g/mol. The van der Waals surface area contributed by atoms with Gasteiger partial charge in [-0.05, 0) is 42.9 Å². The molecule has 0 aromatic heterocycles. The second-order valence-electron chi connectivity index (χ2n) is 8.69. The third kappa shape index (κ3) is 5.54. The monoisotopic (exact) mass is 438 g/mol. The molecule has 2 aromatic carbocycles. The summed E-state index contributed by atoms with van der Waals surface area (Å²) in [6, 6.07) is 16.6. The van der Waals surface area contributed by atoms with Crippen molar-refractivity contribution in [1.82, 2.24) is 9.80 Å². The summed E-state index contributed by atoms with van der Waals surface area (Å²) in [5.41, 5.74) is 1.45. The third-order valence-corrected chi connectivity index (χ3v) is 6.58. The minimum absolute atomic E-state index is 0.0539. The maximum absolute atomic E-state index is 13.9. The predicted octanol–water partition coefficient (Wildman–Crippen LogP) is 3.61. The molecule has 170 valence electrons. The van der Waals surface area contributed by atoms with E-state index in [1.807, 2.05) is 35.2 Å². The van der Waals surface area contributed by atoms with Crippen LogP contribution in [0.2, 0.25) is 0 Å². The summed E-state index contributed by atoms with van der Waals surface area (Å²) < 4.78 is 19.5. The number of nitrogens with zero attached hydrogens (tertiary/aromatic N) is 2. The van der Waals surface area contributed by atoms with E-state index in [9.17, 15) is 14.0 Å². The van der Waals surface area contributed by atoms with Gasteiger partial charge in [0.15, 0.2) is 0 Å². The summed E-state index contributed by atoms with van der Waals surface area (Å²) in [4.78, 5) is 30.0. The first-order valence-corrected chi connectivity index (χ1v) is 11.6. The first-order chi connectivity index (χ1) is 15.6. The van der Waals surface area contributed by atoms with Crippen molar-refractivity contribution < 1.29 is 18.7 Å². The highest BCUT2D eigenvalue weighted by molar-refractivity contribution is 5.80. The van der Waals surface area contributed by atoms with E-state index in [4.69, 9.17) is 4.74 Å². The lowest BCUT2D eigenvalue weighted by Gasteiger charge is -2.43. The molecule has 6 heteroatoms. The summed E-state index contributed by atoms with van der Waals surface area (Å²) in [6.45, 7) is 2.55. The van der Waals surface area contributed by atoms with Gasteiger partial charge in [-0.25, -0.2) is 4.39 Å². The SMILES string of the molecule is O=C(Cc1ccccc1F)N1CCC(N(C(=O)Cc2ccccc2)C2CCOCC2)CC1. The minimum Gasteiger partial charge on any atom is -0.381 e. The number of carbonyl (C=O) groups excluding carboxylic acids is 2. The smallest absolute Gasteiger partial charge is 0.227 e. The van der Waals surface area contributed by atoms with Crippen molar-refractivity contribution in [1.29, 1.82) is 0 Å². The molecule has 2 aliphatic rings. The zero-order valence-electron chi connectivity index (χ0n) is 18.4. The van der Waals surface area contributed by atoms with E-state index in [2.05, 4.69) is 4.90 Å². The first kappa shape index (κ1) is 22.5. The number of halogens is 1. The Hall–Kier alpha value is -2.73. The van der Waals surface area contributed by atoms with Gasteiger partial charge in [0.1, 0.15) is 5.82 Å². The molecule has 2 amide bonds. The lowest BCUT2D eigenvalue weighted by molar-refractivity contribution is -0.140. The van der Waals surface area contributed by atoms with E-state index >= 15 is 0 Å². The lowest BCUT2D eigenvalue weighted by atomic mass is 9.96. The number of amides is 2. The molecule has 0 saturated carbocycles. The number of hydrogen-bond acceptors (Lipinski definition) is 3. The van der Waals surface area contributed by atoms with Crippen LogP contribution in [0.4, 0.5) is 4.39 Å². The number of rotatable bonds is 6. The summed E-state index contributed by atoms with van der Waals surface area (Å²) in [7, 11) is 0. The number of benzene rings is 2. The highest BCUT2D eigenvalue weighted by atomic mass is 19.1. The van der Waals surface area contributed by atoms with E-state index in [1.165, 1.54) is 6.07 Å². The molecule has 0 unspecified atom stereocenters. The highest BCUT2D eigenvalue weighted by Crippen LogP contribution is 2.25. The predicted molar refractivity (Wildman–Crippen MR) is 121 cm³/mol. The molecule has 0 N–H and O–H groups in total. The molecule has 4 rings (SSSR count). The molecule has 2 heterocycles. The minimum atomic E-state index is -0.340. The number of piperidine rings is 1. The summed E-state index contributed by atoms with van der Waals surface area (Å²) in [5.74, 6) is -0.242. The summed E-state index contributed by atoms with van der Waals surface area (Å²) >= 11 is 0. The Morgan fingerprint density at radius 1 is 0.875 bits per heavy atom. The van der Waals surface area contributed by atoms with Crippen LogP contribution in [0.5, 0.6) is 0 Å². The van der Waals surface area contributed by atoms with Crippen LogP contribution in [0.15, 0.2) is 54.6 Å². The zero-order valence-corrected chi connectivity index (χ0v) is 18.4. The summed E-state index contributed by atoms with van der Waals surface area (Å²) in [5, 5.41) is 0. The fraction of sp³-hybridized carbons (Fsp3) is 0.462. The Kier molecular flexibility index (Phi) is 7.53. The zero-order chi connectivity index (χ0) is 22.3. The van der Waals surface area contributed by atoms with E-state index in [0.717, 1.165) is 31.2 Å². The van der Waals surface area contributed by atoms with Gasteiger partial charge in [-0.1, -0.05) is 48.5 Å². The fourth-order valence-electron chi connectivity index (χ4n) is 4.84. The highest BCUT2D eigenvalue weighted by Gasteiger charge is 2.34. The average Bonchev–Trinajstić information content (AvgIpc) is 2.82. The van der Waals surface area contributed by atoms with Crippen LogP contribution < -0.4 is 0 Å². The Morgan fingerprint density at radius 2 is 1.50 bits per heavy atom. The Bertz CT molecular complexity index is 906. The molecular formula is C26H31FN2O3. The molecule has 0 aliphatic carbocycles. The Morgan fingerprint density at radius 3 is 2.19 bits per heavy atom. The molecule has 32 heavy (non-hydrogen) atoms. The van der Waals surface area contributed by atoms with Gasteiger partial charge in [-0.3, -0.25) is 9.59 Å². The van der Waals surface area contributed by atoms with Crippen LogP contribution in [0, 0.1) is 5.82 Å². The van der Waals surface area contributed by atoms with E-state index < -0.39 is 0 Å². The number of hydrogen-bond donors (Lipinski definition) is 0. The van der Waals surface area contributed by atoms with E-state index in [1.54, 1.807) is 18.2 Å². The number of ether oxygens (including phenoxy) is 1. The van der Waals surface area contributed by atoms with Gasteiger partial charge in [0, 0.05) is 38.4 Å². The maximum Gasteiger partial charge on any atom is 0.227 e. The summed E-state index contributed by atoms with van der Waals surface area (Å²) in [6.07, 6.45) is 3.68.